The van der Waals surface area contributed by atoms with E-state index in [0.29, 0.717) is 18.0 Å². The molecule has 3 N–H and O–H groups in total. The maximum atomic E-state index is 12.6. The van der Waals surface area contributed by atoms with E-state index in [4.69, 9.17) is 4.74 Å². The first-order chi connectivity index (χ1) is 12.1. The van der Waals surface area contributed by atoms with Crippen LogP contribution >= 0.6 is 0 Å². The second-order valence-electron chi connectivity index (χ2n) is 5.97. The van der Waals surface area contributed by atoms with Crippen LogP contribution < -0.4 is 15.0 Å². The smallest absolute Gasteiger partial charge is 0.292 e. The Labute approximate surface area is 146 Å². The third-order valence-electron chi connectivity index (χ3n) is 4.34. The van der Waals surface area contributed by atoms with Crippen LogP contribution in [0.1, 0.15) is 18.1 Å². The van der Waals surface area contributed by atoms with Crippen molar-refractivity contribution in [2.45, 2.75) is 18.6 Å². The maximum absolute atomic E-state index is 12.6. The Hall–Kier alpha value is -2.70. The number of carbonyl (C=O) groups excluding carboxylic acids is 2. The standard InChI is InChI=1S/C19H20N2O4/c1-25-15-9-7-14(8-10-15)21-18(23)11-16(19(21)24)20-12-17(22)13-5-3-2-4-6-13/h2-10,16-17,20,22H,11-12H2,1H3/p+1. The summed E-state index contributed by atoms with van der Waals surface area (Å²) in [5.41, 5.74) is 1.33. The van der Waals surface area contributed by atoms with Gasteiger partial charge in [0.2, 0.25) is 5.91 Å². The number of imide groups is 1. The number of hydrogen-bond donors (Lipinski definition) is 2. The lowest BCUT2D eigenvalue weighted by atomic mass is 10.1. The minimum atomic E-state index is -0.681. The molecule has 0 radical (unpaired) electrons. The Kier molecular flexibility index (Phi) is 5.11. The fourth-order valence-electron chi connectivity index (χ4n) is 2.95. The zero-order valence-corrected chi connectivity index (χ0v) is 14.0. The molecule has 2 amide bonds. The lowest BCUT2D eigenvalue weighted by Crippen LogP contribution is -2.92. The summed E-state index contributed by atoms with van der Waals surface area (Å²) in [6.45, 7) is 0.324. The topological polar surface area (TPSA) is 83.4 Å². The molecule has 130 valence electrons. The quantitative estimate of drug-likeness (QED) is 0.755. The molecular formula is C19H21N2O4+. The summed E-state index contributed by atoms with van der Waals surface area (Å²) in [5, 5.41) is 12.0. The average molecular weight is 341 g/mol. The molecular weight excluding hydrogens is 320 g/mol. The molecule has 2 unspecified atom stereocenters. The average Bonchev–Trinajstić information content (AvgIpc) is 2.94. The van der Waals surface area contributed by atoms with Crippen LogP contribution in [0, 0.1) is 0 Å². The Morgan fingerprint density at radius 1 is 1.16 bits per heavy atom. The highest BCUT2D eigenvalue weighted by Gasteiger charge is 2.42. The second-order valence-corrected chi connectivity index (χ2v) is 5.97. The van der Waals surface area contributed by atoms with Gasteiger partial charge in [-0.25, -0.2) is 4.90 Å². The summed E-state index contributed by atoms with van der Waals surface area (Å²) in [7, 11) is 1.56. The van der Waals surface area contributed by atoms with Crippen LogP contribution in [0.15, 0.2) is 54.6 Å². The minimum Gasteiger partial charge on any atom is -0.497 e. The first-order valence-corrected chi connectivity index (χ1v) is 8.17. The van der Waals surface area contributed by atoms with E-state index in [2.05, 4.69) is 0 Å². The van der Waals surface area contributed by atoms with E-state index in [0.717, 1.165) is 5.56 Å². The monoisotopic (exact) mass is 341 g/mol. The molecule has 2 aromatic rings. The van der Waals surface area contributed by atoms with Crippen LogP contribution in [-0.2, 0) is 9.59 Å². The van der Waals surface area contributed by atoms with Crippen LogP contribution in [-0.4, -0.2) is 36.6 Å². The number of ether oxygens (including phenoxy) is 1. The number of quaternary nitrogens is 1. The number of aliphatic hydroxyl groups is 1. The van der Waals surface area contributed by atoms with Gasteiger partial charge >= 0.3 is 0 Å². The molecule has 2 aromatic carbocycles. The maximum Gasteiger partial charge on any atom is 0.292 e. The predicted octanol–water partition coefficient (Wildman–Crippen LogP) is 0.624. The molecule has 0 bridgehead atoms. The van der Waals surface area contributed by atoms with Gasteiger partial charge in [-0.15, -0.1) is 0 Å². The number of benzene rings is 2. The van der Waals surface area contributed by atoms with E-state index in [-0.39, 0.29) is 18.2 Å². The Morgan fingerprint density at radius 2 is 1.84 bits per heavy atom. The zero-order chi connectivity index (χ0) is 17.8. The molecule has 1 fully saturated rings. The molecule has 0 aromatic heterocycles. The molecule has 2 atom stereocenters. The van der Waals surface area contributed by atoms with Crippen LogP contribution in [0.4, 0.5) is 5.69 Å². The van der Waals surface area contributed by atoms with Crippen LogP contribution in [0.2, 0.25) is 0 Å². The van der Waals surface area contributed by atoms with Gasteiger partial charge in [-0.2, -0.15) is 0 Å². The molecule has 6 heteroatoms. The number of aliphatic hydroxyl groups excluding tert-OH is 1. The minimum absolute atomic E-state index is 0.131. The number of rotatable bonds is 6. The van der Waals surface area contributed by atoms with Crippen molar-refractivity contribution in [3.8, 4) is 5.75 Å². The second kappa shape index (κ2) is 7.46. The molecule has 25 heavy (non-hydrogen) atoms. The van der Waals surface area contributed by atoms with Crippen molar-refractivity contribution in [3.05, 3.63) is 60.2 Å². The summed E-state index contributed by atoms with van der Waals surface area (Å²) < 4.78 is 5.09. The van der Waals surface area contributed by atoms with Crippen LogP contribution in [0.3, 0.4) is 0 Å². The molecule has 0 saturated carbocycles. The number of carbonyl (C=O) groups is 2. The third-order valence-corrected chi connectivity index (χ3v) is 4.34. The normalized spacial score (nSPS) is 18.5. The van der Waals surface area contributed by atoms with Crippen molar-refractivity contribution in [2.75, 3.05) is 18.6 Å². The van der Waals surface area contributed by atoms with E-state index < -0.39 is 12.1 Å². The lowest BCUT2D eigenvalue weighted by molar-refractivity contribution is -0.681. The van der Waals surface area contributed by atoms with E-state index in [1.54, 1.807) is 36.7 Å². The summed E-state index contributed by atoms with van der Waals surface area (Å²) in [6.07, 6.45) is -0.550. The van der Waals surface area contributed by atoms with E-state index >= 15 is 0 Å². The molecule has 1 aliphatic rings. The summed E-state index contributed by atoms with van der Waals surface area (Å²) in [5.74, 6) is 0.179. The first kappa shape index (κ1) is 17.1. The highest BCUT2D eigenvalue weighted by atomic mass is 16.5. The van der Waals surface area contributed by atoms with Gasteiger partial charge in [-0.1, -0.05) is 30.3 Å². The molecule has 1 heterocycles. The van der Waals surface area contributed by atoms with Crippen molar-refractivity contribution < 1.29 is 24.7 Å². The van der Waals surface area contributed by atoms with Gasteiger partial charge in [-0.05, 0) is 29.8 Å². The number of nitrogens with zero attached hydrogens (tertiary/aromatic N) is 1. The first-order valence-electron chi connectivity index (χ1n) is 8.17. The number of anilines is 1. The highest BCUT2D eigenvalue weighted by Crippen LogP contribution is 2.24. The van der Waals surface area contributed by atoms with Gasteiger partial charge in [0.25, 0.3) is 5.91 Å². The van der Waals surface area contributed by atoms with Crippen molar-refractivity contribution >= 4 is 17.5 Å². The SMILES string of the molecule is COc1ccc(N2C(=O)CC([NH2+]CC(O)c3ccccc3)C2=O)cc1. The molecule has 3 rings (SSSR count). The summed E-state index contributed by atoms with van der Waals surface area (Å²) in [4.78, 5) is 26.0. The van der Waals surface area contributed by atoms with Crippen molar-refractivity contribution in [2.24, 2.45) is 0 Å². The highest BCUT2D eigenvalue weighted by molar-refractivity contribution is 6.21. The number of nitrogens with two attached hydrogens (primary N) is 1. The van der Waals surface area contributed by atoms with Crippen LogP contribution in [0.5, 0.6) is 5.75 Å². The van der Waals surface area contributed by atoms with Crippen molar-refractivity contribution in [1.29, 1.82) is 0 Å². The molecule has 1 aliphatic heterocycles. The van der Waals surface area contributed by atoms with Crippen molar-refractivity contribution in [1.82, 2.24) is 0 Å². The third kappa shape index (κ3) is 3.70. The molecule has 0 aliphatic carbocycles. The van der Waals surface area contributed by atoms with Gasteiger partial charge < -0.3 is 15.2 Å². The summed E-state index contributed by atoms with van der Waals surface area (Å²) in [6, 6.07) is 15.6. The molecule has 0 spiro atoms. The van der Waals surface area contributed by atoms with E-state index in [1.807, 2.05) is 30.3 Å². The molecule has 6 nitrogen and oxygen atoms in total. The van der Waals surface area contributed by atoms with Gasteiger partial charge in [0.15, 0.2) is 6.04 Å². The predicted molar refractivity (Wildman–Crippen MR) is 92.1 cm³/mol. The molecule has 1 saturated heterocycles. The number of amides is 2. The van der Waals surface area contributed by atoms with E-state index in [9.17, 15) is 14.7 Å². The summed E-state index contributed by atoms with van der Waals surface area (Å²) >= 11 is 0. The van der Waals surface area contributed by atoms with Crippen molar-refractivity contribution in [3.63, 3.8) is 0 Å². The zero-order valence-electron chi connectivity index (χ0n) is 14.0. The number of hydrogen-bond acceptors (Lipinski definition) is 4. The largest absolute Gasteiger partial charge is 0.497 e. The fourth-order valence-corrected chi connectivity index (χ4v) is 2.95. The van der Waals surface area contributed by atoms with Gasteiger partial charge in [0.1, 0.15) is 18.4 Å². The lowest BCUT2D eigenvalue weighted by Gasteiger charge is -2.15. The van der Waals surface area contributed by atoms with E-state index in [1.165, 1.54) is 4.90 Å². The van der Waals surface area contributed by atoms with Gasteiger partial charge in [-0.3, -0.25) is 9.59 Å². The Balaban J connectivity index is 1.64. The fraction of sp³-hybridized carbons (Fsp3) is 0.263. The Bertz CT molecular complexity index is 746. The number of methoxy groups -OCH3 is 1. The van der Waals surface area contributed by atoms with Crippen LogP contribution in [0.25, 0.3) is 0 Å². The Morgan fingerprint density at radius 3 is 2.48 bits per heavy atom. The van der Waals surface area contributed by atoms with Gasteiger partial charge in [0, 0.05) is 0 Å². The van der Waals surface area contributed by atoms with Gasteiger partial charge in [0.05, 0.1) is 19.2 Å².